The maximum absolute atomic E-state index is 13.8. The third-order valence-electron chi connectivity index (χ3n) is 6.45. The van der Waals surface area contributed by atoms with Gasteiger partial charge in [0.05, 0.1) is 0 Å². The minimum absolute atomic E-state index is 0. The van der Waals surface area contributed by atoms with E-state index in [1.54, 1.807) is 4.52 Å². The van der Waals surface area contributed by atoms with Gasteiger partial charge in [-0.1, -0.05) is 27.2 Å². The second-order valence-electron chi connectivity index (χ2n) is 9.50. The van der Waals surface area contributed by atoms with Gasteiger partial charge < -0.3 is 11.5 Å². The number of hydrogen-bond donors (Lipinski definition) is 2. The summed E-state index contributed by atoms with van der Waals surface area (Å²) in [4.78, 5) is 0. The third kappa shape index (κ3) is 3.76. The number of aromatic nitrogens is 4. The average molecular weight is 417 g/mol. The number of nitrogens with zero attached hydrogens (tertiary/aromatic N) is 4. The molecule has 162 valence electrons. The van der Waals surface area contributed by atoms with Gasteiger partial charge in [0.2, 0.25) is 0 Å². The zero-order valence-electron chi connectivity index (χ0n) is 18.3. The summed E-state index contributed by atoms with van der Waals surface area (Å²) < 4.78 is 28.7. The van der Waals surface area contributed by atoms with Crippen LogP contribution in [0, 0.1) is 17.0 Å². The maximum Gasteiger partial charge on any atom is 0.185 e. The molecule has 4 rings (SSSR count). The number of nitrogens with one attached hydrogen (secondary N) is 1. The highest BCUT2D eigenvalue weighted by atomic mass is 19.2. The standard InChI is InChI=1S/C22H27F2N5.H3N/c1-21(2,3)22(4,5)25-19-15(13-7-6-8-13)12-18-26-27-20(29(18)28-19)14-9-10-16(23)17(24)11-14;/h9-13H,6-8H2,1-5H3,(H,25,28);1H3. The van der Waals surface area contributed by atoms with Crippen LogP contribution in [0.25, 0.3) is 17.0 Å². The smallest absolute Gasteiger partial charge is 0.185 e. The fourth-order valence-electron chi connectivity index (χ4n) is 3.27. The molecule has 1 aliphatic rings. The molecule has 0 bridgehead atoms. The van der Waals surface area contributed by atoms with E-state index in [4.69, 9.17) is 5.10 Å². The van der Waals surface area contributed by atoms with E-state index in [2.05, 4.69) is 50.1 Å². The van der Waals surface area contributed by atoms with Crippen LogP contribution in [0.15, 0.2) is 24.3 Å². The Morgan fingerprint density at radius 1 is 1.00 bits per heavy atom. The predicted molar refractivity (Wildman–Crippen MR) is 115 cm³/mol. The van der Waals surface area contributed by atoms with Crippen molar-refractivity contribution in [2.45, 2.75) is 65.3 Å². The Bertz CT molecular complexity index is 1060. The number of halogens is 2. The molecule has 1 saturated carbocycles. The molecule has 30 heavy (non-hydrogen) atoms. The minimum Gasteiger partial charge on any atom is -0.363 e. The van der Waals surface area contributed by atoms with Gasteiger partial charge in [-0.15, -0.1) is 15.3 Å². The molecular weight excluding hydrogens is 386 g/mol. The molecule has 1 aliphatic carbocycles. The van der Waals surface area contributed by atoms with E-state index in [0.29, 0.717) is 23.0 Å². The van der Waals surface area contributed by atoms with Crippen molar-refractivity contribution in [2.75, 3.05) is 5.32 Å². The van der Waals surface area contributed by atoms with Gasteiger partial charge in [-0.3, -0.25) is 0 Å². The van der Waals surface area contributed by atoms with Crippen molar-refractivity contribution in [1.29, 1.82) is 0 Å². The van der Waals surface area contributed by atoms with Gasteiger partial charge in [0, 0.05) is 16.7 Å². The summed E-state index contributed by atoms with van der Waals surface area (Å²) >= 11 is 0. The van der Waals surface area contributed by atoms with E-state index in [0.717, 1.165) is 36.4 Å². The van der Waals surface area contributed by atoms with Crippen LogP contribution in [0.1, 0.15) is 65.4 Å². The first-order valence-electron chi connectivity index (χ1n) is 10.1. The van der Waals surface area contributed by atoms with E-state index in [-0.39, 0.29) is 17.1 Å². The molecule has 3 aromatic rings. The van der Waals surface area contributed by atoms with E-state index >= 15 is 0 Å². The van der Waals surface area contributed by atoms with Crippen LogP contribution in [-0.4, -0.2) is 25.4 Å². The molecule has 0 spiro atoms. The van der Waals surface area contributed by atoms with Crippen molar-refractivity contribution in [3.8, 4) is 11.4 Å². The van der Waals surface area contributed by atoms with E-state index in [1.165, 1.54) is 12.5 Å². The highest BCUT2D eigenvalue weighted by molar-refractivity contribution is 5.62. The topological polar surface area (TPSA) is 90.1 Å². The summed E-state index contributed by atoms with van der Waals surface area (Å²) in [6, 6.07) is 5.73. The molecule has 6 nitrogen and oxygen atoms in total. The number of fused-ring (bicyclic) bond motifs is 1. The van der Waals surface area contributed by atoms with Crippen LogP contribution in [0.4, 0.5) is 14.6 Å². The molecule has 0 atom stereocenters. The van der Waals surface area contributed by atoms with E-state index < -0.39 is 11.6 Å². The Morgan fingerprint density at radius 2 is 1.70 bits per heavy atom. The predicted octanol–water partition coefficient (Wildman–Crippen LogP) is 5.74. The highest BCUT2D eigenvalue weighted by Crippen LogP contribution is 2.42. The van der Waals surface area contributed by atoms with Crippen molar-refractivity contribution in [2.24, 2.45) is 5.41 Å². The summed E-state index contributed by atoms with van der Waals surface area (Å²) in [6.45, 7) is 10.9. The third-order valence-corrected chi connectivity index (χ3v) is 6.45. The number of rotatable bonds is 4. The van der Waals surface area contributed by atoms with Gasteiger partial charge in [-0.25, -0.2) is 8.78 Å². The number of hydrogen-bond acceptors (Lipinski definition) is 5. The van der Waals surface area contributed by atoms with E-state index in [9.17, 15) is 8.78 Å². The lowest BCUT2D eigenvalue weighted by atomic mass is 9.75. The van der Waals surface area contributed by atoms with Crippen LogP contribution >= 0.6 is 0 Å². The Morgan fingerprint density at radius 3 is 2.27 bits per heavy atom. The normalized spacial score (nSPS) is 15.0. The molecule has 0 radical (unpaired) electrons. The summed E-state index contributed by atoms with van der Waals surface area (Å²) in [5, 5.41) is 16.9. The highest BCUT2D eigenvalue weighted by Gasteiger charge is 2.35. The van der Waals surface area contributed by atoms with Gasteiger partial charge in [-0.05, 0) is 62.3 Å². The van der Waals surface area contributed by atoms with Crippen molar-refractivity contribution >= 4 is 11.5 Å². The molecule has 8 heteroatoms. The first-order chi connectivity index (χ1) is 13.6. The lowest BCUT2D eigenvalue weighted by molar-refractivity contribution is 0.253. The van der Waals surface area contributed by atoms with Crippen LogP contribution in [0.3, 0.4) is 0 Å². The van der Waals surface area contributed by atoms with Crippen molar-refractivity contribution < 1.29 is 8.78 Å². The zero-order valence-corrected chi connectivity index (χ0v) is 18.3. The number of benzene rings is 1. The second-order valence-corrected chi connectivity index (χ2v) is 9.50. The summed E-state index contributed by atoms with van der Waals surface area (Å²) in [6.07, 6.45) is 3.48. The average Bonchev–Trinajstić information content (AvgIpc) is 2.97. The quantitative estimate of drug-likeness (QED) is 0.566. The van der Waals surface area contributed by atoms with Gasteiger partial charge in [-0.2, -0.15) is 4.52 Å². The van der Waals surface area contributed by atoms with Gasteiger partial charge in [0.15, 0.2) is 28.9 Å². The Labute approximate surface area is 175 Å². The molecule has 0 aliphatic heterocycles. The monoisotopic (exact) mass is 416 g/mol. The van der Waals surface area contributed by atoms with Crippen LogP contribution in [-0.2, 0) is 0 Å². The van der Waals surface area contributed by atoms with Crippen LogP contribution in [0.5, 0.6) is 0 Å². The first-order valence-corrected chi connectivity index (χ1v) is 10.1. The summed E-state index contributed by atoms with van der Waals surface area (Å²) in [5.41, 5.74) is 1.95. The zero-order chi connectivity index (χ0) is 21.0. The van der Waals surface area contributed by atoms with Gasteiger partial charge in [0.1, 0.15) is 0 Å². The molecule has 2 heterocycles. The van der Waals surface area contributed by atoms with Crippen molar-refractivity contribution in [1.82, 2.24) is 26.0 Å². The lowest BCUT2D eigenvalue weighted by Gasteiger charge is -2.41. The Hall–Kier alpha value is -2.61. The van der Waals surface area contributed by atoms with E-state index in [1.807, 2.05) is 6.07 Å². The molecule has 1 aromatic carbocycles. The van der Waals surface area contributed by atoms with Crippen LogP contribution in [0.2, 0.25) is 0 Å². The van der Waals surface area contributed by atoms with Gasteiger partial charge >= 0.3 is 0 Å². The molecule has 0 amide bonds. The van der Waals surface area contributed by atoms with Crippen LogP contribution < -0.4 is 11.5 Å². The fraction of sp³-hybridized carbons (Fsp3) is 0.500. The Kier molecular flexibility index (Phi) is 5.58. The summed E-state index contributed by atoms with van der Waals surface area (Å²) in [7, 11) is 0. The summed E-state index contributed by atoms with van der Waals surface area (Å²) in [5.74, 6) is -0.176. The maximum atomic E-state index is 13.8. The lowest BCUT2D eigenvalue weighted by Crippen LogP contribution is -2.44. The molecule has 2 aromatic heterocycles. The minimum atomic E-state index is -0.919. The van der Waals surface area contributed by atoms with Crippen molar-refractivity contribution in [3.63, 3.8) is 0 Å². The molecular formula is C22H30F2N6. The largest absolute Gasteiger partial charge is 0.363 e. The molecule has 0 unspecified atom stereocenters. The number of anilines is 1. The SMILES string of the molecule is CC(C)(C)C(C)(C)Nc1nn2c(-c3ccc(F)c(F)c3)nnc2cc1C1CCC1.N. The molecule has 1 fully saturated rings. The van der Waals surface area contributed by atoms with Crippen molar-refractivity contribution in [3.05, 3.63) is 41.5 Å². The fourth-order valence-corrected chi connectivity index (χ4v) is 3.27. The van der Waals surface area contributed by atoms with Gasteiger partial charge in [0.25, 0.3) is 0 Å². The first kappa shape index (κ1) is 22.1. The molecule has 0 saturated heterocycles. The Balaban J connectivity index is 0.00000256. The molecule has 4 N–H and O–H groups in total. The second kappa shape index (κ2) is 7.58.